The van der Waals surface area contributed by atoms with Crippen LogP contribution in [0.3, 0.4) is 0 Å². The van der Waals surface area contributed by atoms with Gasteiger partial charge in [-0.25, -0.2) is 4.99 Å². The van der Waals surface area contributed by atoms with Crippen molar-refractivity contribution in [2.75, 3.05) is 20.1 Å². The minimum Gasteiger partial charge on any atom is -0.466 e. The molecule has 0 saturated carbocycles. The summed E-state index contributed by atoms with van der Waals surface area (Å²) < 4.78 is 5.34. The molecule has 2 aliphatic heterocycles. The van der Waals surface area contributed by atoms with E-state index in [0.29, 0.717) is 23.9 Å². The third-order valence-electron chi connectivity index (χ3n) is 5.62. The molecule has 6 heteroatoms. The van der Waals surface area contributed by atoms with Crippen LogP contribution in [0.2, 0.25) is 0 Å². The van der Waals surface area contributed by atoms with Crippen LogP contribution in [0.25, 0.3) is 0 Å². The van der Waals surface area contributed by atoms with Crippen LogP contribution in [-0.4, -0.2) is 54.2 Å². The standard InChI is InChI=1S/C19H32N4O2/c1-4-20-18(21-13-19(2,24)17-9-6-10-25-17)22-14-11-15-7-5-8-16(12-14)23(15)3/h6,9-10,14-16,24H,4-5,7-8,11-13H2,1-3H3,(H2,20,21,22). The van der Waals surface area contributed by atoms with Gasteiger partial charge in [0.05, 0.1) is 12.8 Å². The monoisotopic (exact) mass is 348 g/mol. The van der Waals surface area contributed by atoms with Crippen LogP contribution in [0.15, 0.2) is 27.8 Å². The van der Waals surface area contributed by atoms with Crippen molar-refractivity contribution in [3.63, 3.8) is 0 Å². The van der Waals surface area contributed by atoms with E-state index in [1.54, 1.807) is 25.3 Å². The van der Waals surface area contributed by atoms with Gasteiger partial charge < -0.3 is 25.1 Å². The zero-order valence-electron chi connectivity index (χ0n) is 15.7. The van der Waals surface area contributed by atoms with Crippen molar-refractivity contribution < 1.29 is 9.52 Å². The molecule has 3 heterocycles. The number of fused-ring (bicyclic) bond motifs is 2. The lowest BCUT2D eigenvalue weighted by molar-refractivity contribution is 0.0431. The molecule has 3 unspecified atom stereocenters. The van der Waals surface area contributed by atoms with E-state index in [9.17, 15) is 5.11 Å². The van der Waals surface area contributed by atoms with Gasteiger partial charge in [-0.1, -0.05) is 6.42 Å². The van der Waals surface area contributed by atoms with Crippen LogP contribution in [0, 0.1) is 0 Å². The Bertz CT molecular complexity index is 556. The second-order valence-corrected chi connectivity index (χ2v) is 7.66. The Morgan fingerprint density at radius 3 is 2.72 bits per heavy atom. The number of hydrogen-bond donors (Lipinski definition) is 3. The zero-order valence-corrected chi connectivity index (χ0v) is 15.7. The van der Waals surface area contributed by atoms with Gasteiger partial charge in [-0.15, -0.1) is 0 Å². The lowest BCUT2D eigenvalue weighted by Crippen LogP contribution is -2.56. The molecule has 25 heavy (non-hydrogen) atoms. The maximum atomic E-state index is 10.6. The van der Waals surface area contributed by atoms with Crippen molar-refractivity contribution in [1.29, 1.82) is 0 Å². The molecule has 0 amide bonds. The van der Waals surface area contributed by atoms with Crippen LogP contribution in [0.1, 0.15) is 51.7 Å². The summed E-state index contributed by atoms with van der Waals surface area (Å²) in [6, 6.07) is 5.37. The number of hydrogen-bond acceptors (Lipinski definition) is 4. The highest BCUT2D eigenvalue weighted by Crippen LogP contribution is 2.32. The lowest BCUT2D eigenvalue weighted by Gasteiger charge is -2.47. The summed E-state index contributed by atoms with van der Waals surface area (Å²) in [7, 11) is 2.27. The second kappa shape index (κ2) is 7.79. The predicted octanol–water partition coefficient (Wildman–Crippen LogP) is 2.06. The highest BCUT2D eigenvalue weighted by atomic mass is 16.4. The normalized spacial score (nSPS) is 29.9. The van der Waals surface area contributed by atoms with Crippen molar-refractivity contribution in [3.05, 3.63) is 24.2 Å². The molecule has 3 rings (SSSR count). The van der Waals surface area contributed by atoms with E-state index in [1.807, 2.05) is 0 Å². The molecule has 1 aromatic heterocycles. The highest BCUT2D eigenvalue weighted by molar-refractivity contribution is 5.80. The van der Waals surface area contributed by atoms with Crippen LogP contribution in [0.4, 0.5) is 0 Å². The first-order valence-corrected chi connectivity index (χ1v) is 9.52. The summed E-state index contributed by atoms with van der Waals surface area (Å²) in [5.41, 5.74) is -1.10. The quantitative estimate of drug-likeness (QED) is 0.561. The number of rotatable bonds is 5. The van der Waals surface area contributed by atoms with Gasteiger partial charge in [0.15, 0.2) is 5.96 Å². The van der Waals surface area contributed by atoms with Gasteiger partial charge in [-0.2, -0.15) is 0 Å². The molecule has 2 fully saturated rings. The predicted molar refractivity (Wildman–Crippen MR) is 99.6 cm³/mol. The summed E-state index contributed by atoms with van der Waals surface area (Å²) in [6.07, 6.45) is 7.84. The lowest BCUT2D eigenvalue weighted by atomic mass is 9.82. The molecule has 2 bridgehead atoms. The zero-order chi connectivity index (χ0) is 17.9. The van der Waals surface area contributed by atoms with E-state index in [2.05, 4.69) is 34.5 Å². The first-order valence-electron chi connectivity index (χ1n) is 9.52. The Balaban J connectivity index is 1.63. The Kier molecular flexibility index (Phi) is 5.69. The number of aliphatic imine (C=N–C) groups is 1. The molecular formula is C19H32N4O2. The van der Waals surface area contributed by atoms with Gasteiger partial charge in [0.2, 0.25) is 0 Å². The summed E-state index contributed by atoms with van der Waals surface area (Å²) in [5, 5.41) is 17.5. The van der Waals surface area contributed by atoms with E-state index in [-0.39, 0.29) is 6.54 Å². The van der Waals surface area contributed by atoms with Gasteiger partial charge >= 0.3 is 0 Å². The first kappa shape index (κ1) is 18.3. The molecule has 1 aromatic rings. The van der Waals surface area contributed by atoms with Crippen molar-refractivity contribution in [3.8, 4) is 0 Å². The van der Waals surface area contributed by atoms with Crippen LogP contribution >= 0.6 is 0 Å². The molecule has 2 aliphatic rings. The van der Waals surface area contributed by atoms with Crippen molar-refractivity contribution in [1.82, 2.24) is 15.5 Å². The fourth-order valence-electron chi connectivity index (χ4n) is 4.14. The molecule has 140 valence electrons. The number of nitrogens with one attached hydrogen (secondary N) is 2. The Hall–Kier alpha value is -1.53. The van der Waals surface area contributed by atoms with E-state index in [0.717, 1.165) is 25.3 Å². The second-order valence-electron chi connectivity index (χ2n) is 7.66. The number of nitrogens with zero attached hydrogens (tertiary/aromatic N) is 2. The summed E-state index contributed by atoms with van der Waals surface area (Å²) >= 11 is 0. The first-order chi connectivity index (χ1) is 12.0. The largest absolute Gasteiger partial charge is 0.466 e. The Morgan fingerprint density at radius 2 is 2.12 bits per heavy atom. The fraction of sp³-hybridized carbons (Fsp3) is 0.737. The number of guanidine groups is 1. The molecule has 3 N–H and O–H groups in total. The summed E-state index contributed by atoms with van der Waals surface area (Å²) in [5.74, 6) is 1.32. The highest BCUT2D eigenvalue weighted by Gasteiger charge is 2.36. The molecule has 0 spiro atoms. The van der Waals surface area contributed by atoms with Crippen molar-refractivity contribution >= 4 is 5.96 Å². The van der Waals surface area contributed by atoms with Crippen LogP contribution < -0.4 is 10.6 Å². The van der Waals surface area contributed by atoms with E-state index in [4.69, 9.17) is 4.42 Å². The maximum absolute atomic E-state index is 10.6. The number of piperidine rings is 2. The van der Waals surface area contributed by atoms with Gasteiger partial charge in [-0.05, 0) is 58.7 Å². The minimum atomic E-state index is -1.10. The smallest absolute Gasteiger partial charge is 0.191 e. The third-order valence-corrected chi connectivity index (χ3v) is 5.62. The fourth-order valence-corrected chi connectivity index (χ4v) is 4.14. The van der Waals surface area contributed by atoms with Crippen molar-refractivity contribution in [2.24, 2.45) is 4.99 Å². The number of furan rings is 1. The van der Waals surface area contributed by atoms with Crippen LogP contribution in [-0.2, 0) is 5.60 Å². The summed E-state index contributed by atoms with van der Waals surface area (Å²) in [6.45, 7) is 4.85. The van der Waals surface area contributed by atoms with Gasteiger partial charge in [0.25, 0.3) is 0 Å². The van der Waals surface area contributed by atoms with Crippen LogP contribution in [0.5, 0.6) is 0 Å². The molecule has 6 nitrogen and oxygen atoms in total. The molecular weight excluding hydrogens is 316 g/mol. The van der Waals surface area contributed by atoms with E-state index >= 15 is 0 Å². The maximum Gasteiger partial charge on any atom is 0.191 e. The van der Waals surface area contributed by atoms with Gasteiger partial charge in [0.1, 0.15) is 11.4 Å². The molecule has 0 radical (unpaired) electrons. The average Bonchev–Trinajstić information content (AvgIpc) is 3.09. The molecule has 2 saturated heterocycles. The van der Waals surface area contributed by atoms with Gasteiger partial charge in [-0.3, -0.25) is 0 Å². The molecule has 0 aliphatic carbocycles. The van der Waals surface area contributed by atoms with Crippen molar-refractivity contribution in [2.45, 2.75) is 69.7 Å². The SMILES string of the molecule is CCNC(=NCC(C)(O)c1ccco1)NC1CC2CCCC(C1)N2C. The molecule has 0 aromatic carbocycles. The minimum absolute atomic E-state index is 0.259. The summed E-state index contributed by atoms with van der Waals surface area (Å²) in [4.78, 5) is 7.18. The Labute approximate surface area is 150 Å². The third kappa shape index (κ3) is 4.36. The van der Waals surface area contributed by atoms with E-state index in [1.165, 1.54) is 19.3 Å². The average molecular weight is 348 g/mol. The van der Waals surface area contributed by atoms with E-state index < -0.39 is 5.60 Å². The molecule has 3 atom stereocenters. The number of aliphatic hydroxyl groups is 1. The Morgan fingerprint density at radius 1 is 1.40 bits per heavy atom. The van der Waals surface area contributed by atoms with Gasteiger partial charge in [0, 0.05) is 24.7 Å². The topological polar surface area (TPSA) is 73.0 Å².